The van der Waals surface area contributed by atoms with E-state index < -0.39 is 47.4 Å². The van der Waals surface area contributed by atoms with Gasteiger partial charge in [-0.15, -0.1) is 0 Å². The molecule has 0 bridgehead atoms. The molecule has 4 unspecified atom stereocenters. The van der Waals surface area contributed by atoms with Crippen molar-refractivity contribution in [3.05, 3.63) is 32.9 Å². The van der Waals surface area contributed by atoms with Crippen molar-refractivity contribution in [2.24, 2.45) is 0 Å². The van der Waals surface area contributed by atoms with Crippen LogP contribution in [0.15, 0.2) is 15.8 Å². The summed E-state index contributed by atoms with van der Waals surface area (Å²) in [5, 5.41) is 9.60. The molecule has 1 aromatic rings. The molecule has 2 N–H and O–H groups in total. The van der Waals surface area contributed by atoms with Crippen LogP contribution in [0.5, 0.6) is 0 Å². The zero-order valence-electron chi connectivity index (χ0n) is 14.2. The molecule has 0 saturated carbocycles. The third-order valence-electron chi connectivity index (χ3n) is 4.63. The van der Waals surface area contributed by atoms with E-state index in [0.717, 1.165) is 23.6 Å². The fourth-order valence-electron chi connectivity index (χ4n) is 3.64. The molecule has 0 aromatic carbocycles. The van der Waals surface area contributed by atoms with Gasteiger partial charge in [0.2, 0.25) is 5.82 Å². The maximum atomic E-state index is 13.6. The molecular formula is C16H23FN2O6. The summed E-state index contributed by atoms with van der Waals surface area (Å²) >= 11 is 0. The molecular weight excluding hydrogens is 335 g/mol. The van der Waals surface area contributed by atoms with Crippen molar-refractivity contribution < 1.29 is 23.7 Å². The summed E-state index contributed by atoms with van der Waals surface area (Å²) in [6.45, 7) is 3.70. The molecule has 0 radical (unpaired) electrons. The van der Waals surface area contributed by atoms with Gasteiger partial charge in [0.05, 0.1) is 12.8 Å². The maximum Gasteiger partial charge on any atom is 0.330 e. The number of aromatic amines is 1. The van der Waals surface area contributed by atoms with Crippen molar-refractivity contribution in [1.82, 2.24) is 9.55 Å². The van der Waals surface area contributed by atoms with E-state index in [1.54, 1.807) is 0 Å². The first kappa shape index (κ1) is 18.2. The lowest BCUT2D eigenvalue weighted by atomic mass is 10.1. The van der Waals surface area contributed by atoms with Crippen molar-refractivity contribution in [1.29, 1.82) is 0 Å². The Morgan fingerprint density at radius 3 is 2.48 bits per heavy atom. The number of hydrogen-bond acceptors (Lipinski definition) is 6. The average Bonchev–Trinajstić information content (AvgIpc) is 3.07. The Kier molecular flexibility index (Phi) is 5.10. The number of fused-ring (bicyclic) bond motifs is 1. The number of nitrogens with zero attached hydrogens (tertiary/aromatic N) is 1. The number of halogens is 1. The number of aromatic nitrogens is 2. The highest BCUT2D eigenvalue weighted by Gasteiger charge is 2.58. The second-order valence-electron chi connectivity index (χ2n) is 6.47. The van der Waals surface area contributed by atoms with Gasteiger partial charge in [0, 0.05) is 12.8 Å². The Labute approximate surface area is 143 Å². The maximum absolute atomic E-state index is 13.6. The molecule has 25 heavy (non-hydrogen) atoms. The second kappa shape index (κ2) is 6.99. The molecule has 3 rings (SSSR count). The molecule has 2 fully saturated rings. The van der Waals surface area contributed by atoms with E-state index >= 15 is 0 Å². The van der Waals surface area contributed by atoms with E-state index in [-0.39, 0.29) is 6.61 Å². The molecule has 4 atom stereocenters. The van der Waals surface area contributed by atoms with Crippen LogP contribution in [0.25, 0.3) is 0 Å². The molecule has 0 amide bonds. The summed E-state index contributed by atoms with van der Waals surface area (Å²) in [5.74, 6) is -1.90. The van der Waals surface area contributed by atoms with Crippen LogP contribution in [0.1, 0.15) is 45.8 Å². The van der Waals surface area contributed by atoms with Crippen molar-refractivity contribution in [3.8, 4) is 0 Å². The lowest BCUT2D eigenvalue weighted by Crippen LogP contribution is -2.39. The number of H-pyrrole nitrogens is 1. The standard InChI is InChI=1S/C16H23FN2O6/c1-3-5-16(6-4-2)24-11-10(8-20)23-14(12(11)25-16)19-7-9(17)13(21)18-15(19)22/h7,10-12,14,20H,3-6,8H2,1-2H3,(H,18,21,22). The van der Waals surface area contributed by atoms with E-state index in [0.29, 0.717) is 12.8 Å². The van der Waals surface area contributed by atoms with Crippen molar-refractivity contribution in [2.45, 2.75) is 69.9 Å². The molecule has 140 valence electrons. The van der Waals surface area contributed by atoms with Gasteiger partial charge in [0.1, 0.15) is 18.3 Å². The zero-order valence-corrected chi connectivity index (χ0v) is 14.2. The van der Waals surface area contributed by atoms with E-state index in [4.69, 9.17) is 14.2 Å². The monoisotopic (exact) mass is 358 g/mol. The third kappa shape index (κ3) is 3.17. The Bertz CT molecular complexity index is 726. The summed E-state index contributed by atoms with van der Waals surface area (Å²) in [6.07, 6.45) is 0.842. The van der Waals surface area contributed by atoms with Crippen LogP contribution in [-0.4, -0.2) is 45.4 Å². The minimum Gasteiger partial charge on any atom is -0.394 e. The number of aliphatic hydroxyl groups excluding tert-OH is 1. The largest absolute Gasteiger partial charge is 0.394 e. The average molecular weight is 358 g/mol. The SMILES string of the molecule is CCCC1(CCC)OC2C(CO)OC(n3cc(F)c(=O)[nH]c3=O)C2O1. The van der Waals surface area contributed by atoms with Crippen LogP contribution in [0, 0.1) is 5.82 Å². The summed E-state index contributed by atoms with van der Waals surface area (Å²) in [7, 11) is 0. The molecule has 1 aromatic heterocycles. The predicted octanol–water partition coefficient (Wildman–Crippen LogP) is 0.646. The van der Waals surface area contributed by atoms with Gasteiger partial charge in [-0.05, 0) is 0 Å². The first-order chi connectivity index (χ1) is 11.9. The Morgan fingerprint density at radius 2 is 1.88 bits per heavy atom. The molecule has 9 heteroatoms. The number of hydrogen-bond donors (Lipinski definition) is 2. The second-order valence-corrected chi connectivity index (χ2v) is 6.47. The van der Waals surface area contributed by atoms with Crippen LogP contribution in [-0.2, 0) is 14.2 Å². The fraction of sp³-hybridized carbons (Fsp3) is 0.750. The van der Waals surface area contributed by atoms with E-state index in [1.165, 1.54) is 0 Å². The molecule has 2 aliphatic rings. The number of aliphatic hydroxyl groups is 1. The van der Waals surface area contributed by atoms with Gasteiger partial charge >= 0.3 is 5.69 Å². The topological polar surface area (TPSA) is 103 Å². The minimum absolute atomic E-state index is 0.323. The van der Waals surface area contributed by atoms with Crippen molar-refractivity contribution in [2.75, 3.05) is 6.61 Å². The summed E-state index contributed by atoms with van der Waals surface area (Å²) in [5.41, 5.74) is -1.90. The van der Waals surface area contributed by atoms with Crippen molar-refractivity contribution >= 4 is 0 Å². The lowest BCUT2D eigenvalue weighted by Gasteiger charge is -2.30. The normalized spacial score (nSPS) is 30.6. The van der Waals surface area contributed by atoms with Gasteiger partial charge in [0.25, 0.3) is 5.56 Å². The Morgan fingerprint density at radius 1 is 1.24 bits per heavy atom. The highest BCUT2D eigenvalue weighted by molar-refractivity contribution is 5.00. The van der Waals surface area contributed by atoms with Gasteiger partial charge < -0.3 is 19.3 Å². The Balaban J connectivity index is 1.96. The smallest absolute Gasteiger partial charge is 0.330 e. The fourth-order valence-corrected chi connectivity index (χ4v) is 3.64. The lowest BCUT2D eigenvalue weighted by molar-refractivity contribution is -0.227. The number of rotatable bonds is 6. The van der Waals surface area contributed by atoms with Crippen LogP contribution in [0.3, 0.4) is 0 Å². The summed E-state index contributed by atoms with van der Waals surface area (Å²) in [4.78, 5) is 25.2. The van der Waals surface area contributed by atoms with Crippen LogP contribution >= 0.6 is 0 Å². The zero-order chi connectivity index (χ0) is 18.2. The van der Waals surface area contributed by atoms with Gasteiger partial charge in [0.15, 0.2) is 12.0 Å². The molecule has 0 aliphatic carbocycles. The number of nitrogens with one attached hydrogen (secondary N) is 1. The van der Waals surface area contributed by atoms with E-state index in [9.17, 15) is 19.1 Å². The first-order valence-electron chi connectivity index (χ1n) is 8.57. The highest BCUT2D eigenvalue weighted by atomic mass is 19.1. The van der Waals surface area contributed by atoms with Gasteiger partial charge in [-0.3, -0.25) is 14.3 Å². The van der Waals surface area contributed by atoms with Crippen LogP contribution in [0.2, 0.25) is 0 Å². The van der Waals surface area contributed by atoms with Crippen LogP contribution < -0.4 is 11.2 Å². The number of ether oxygens (including phenoxy) is 3. The summed E-state index contributed by atoms with van der Waals surface area (Å²) in [6, 6.07) is 0. The first-order valence-corrected chi connectivity index (χ1v) is 8.57. The van der Waals surface area contributed by atoms with Gasteiger partial charge in [-0.2, -0.15) is 4.39 Å². The molecule has 3 heterocycles. The van der Waals surface area contributed by atoms with Crippen LogP contribution in [0.4, 0.5) is 4.39 Å². The van der Waals surface area contributed by atoms with Gasteiger partial charge in [-0.1, -0.05) is 26.7 Å². The van der Waals surface area contributed by atoms with E-state index in [1.807, 2.05) is 18.8 Å². The Hall–Kier alpha value is -1.55. The molecule has 0 spiro atoms. The van der Waals surface area contributed by atoms with E-state index in [2.05, 4.69) is 0 Å². The quantitative estimate of drug-likeness (QED) is 0.774. The summed E-state index contributed by atoms with van der Waals surface area (Å²) < 4.78 is 32.5. The molecule has 8 nitrogen and oxygen atoms in total. The van der Waals surface area contributed by atoms with Gasteiger partial charge in [-0.25, -0.2) is 4.79 Å². The third-order valence-corrected chi connectivity index (χ3v) is 4.63. The highest BCUT2D eigenvalue weighted by Crippen LogP contribution is 2.46. The van der Waals surface area contributed by atoms with Crippen molar-refractivity contribution in [3.63, 3.8) is 0 Å². The molecule has 2 aliphatic heterocycles. The predicted molar refractivity (Wildman–Crippen MR) is 84.6 cm³/mol. The molecule has 2 saturated heterocycles. The minimum atomic E-state index is -1.10.